The van der Waals surface area contributed by atoms with Crippen LogP contribution in [0.2, 0.25) is 0 Å². The molecule has 5 nitrogen and oxygen atoms in total. The quantitative estimate of drug-likeness (QED) is 0.430. The highest BCUT2D eigenvalue weighted by molar-refractivity contribution is 5.82. The van der Waals surface area contributed by atoms with Crippen LogP contribution in [0.15, 0.2) is 54.6 Å². The van der Waals surface area contributed by atoms with Crippen molar-refractivity contribution in [1.82, 2.24) is 5.48 Å². The number of rotatable bonds is 9. The number of aliphatic hydroxyl groups is 1. The SMILES string of the molecule is COc1ccccc1-c1ccc(/C=C/CC[C@](C)(C(=O)NO)[C@](C)(O)CF)cc1. The van der Waals surface area contributed by atoms with Gasteiger partial charge in [0, 0.05) is 5.56 Å². The molecule has 0 aromatic heterocycles. The first-order chi connectivity index (χ1) is 13.8. The van der Waals surface area contributed by atoms with Gasteiger partial charge in [-0.1, -0.05) is 54.6 Å². The molecule has 0 aliphatic heterocycles. The molecule has 0 saturated heterocycles. The third-order valence-electron chi connectivity index (χ3n) is 5.50. The predicted octanol–water partition coefficient (Wildman–Crippen LogP) is 4.39. The molecule has 1 amide bonds. The minimum atomic E-state index is -1.88. The van der Waals surface area contributed by atoms with Crippen LogP contribution in [0.4, 0.5) is 4.39 Å². The summed E-state index contributed by atoms with van der Waals surface area (Å²) < 4.78 is 18.6. The number of alkyl halides is 1. The van der Waals surface area contributed by atoms with E-state index in [1.54, 1.807) is 7.11 Å². The summed E-state index contributed by atoms with van der Waals surface area (Å²) in [5.74, 6) is -0.00753. The number of hydroxylamine groups is 1. The van der Waals surface area contributed by atoms with Gasteiger partial charge in [0.1, 0.15) is 18.0 Å². The van der Waals surface area contributed by atoms with E-state index in [0.29, 0.717) is 6.42 Å². The summed E-state index contributed by atoms with van der Waals surface area (Å²) in [5, 5.41) is 19.2. The van der Waals surface area contributed by atoms with Crippen molar-refractivity contribution in [2.45, 2.75) is 32.3 Å². The van der Waals surface area contributed by atoms with Crippen LogP contribution in [0.5, 0.6) is 5.75 Å². The number of benzene rings is 2. The number of halogens is 1. The standard InChI is InChI=1S/C23H28FNO4/c1-22(21(26)25-28,23(2,27)16-24)15-7-6-8-17-11-13-18(14-12-17)19-9-4-5-10-20(19)29-3/h4-6,8-14,27-28H,7,15-16H2,1-3H3,(H,25,26)/b8-6+/t22-,23-/m1/s1. The molecule has 2 aromatic rings. The lowest BCUT2D eigenvalue weighted by molar-refractivity contribution is -0.158. The second-order valence-electron chi connectivity index (χ2n) is 7.44. The number of carbonyl (C=O) groups excluding carboxylic acids is 1. The van der Waals surface area contributed by atoms with Gasteiger partial charge in [-0.3, -0.25) is 10.0 Å². The Morgan fingerprint density at radius 1 is 1.17 bits per heavy atom. The minimum Gasteiger partial charge on any atom is -0.496 e. The fraction of sp³-hybridized carbons (Fsp3) is 0.348. The van der Waals surface area contributed by atoms with Crippen LogP contribution >= 0.6 is 0 Å². The van der Waals surface area contributed by atoms with Gasteiger partial charge >= 0.3 is 0 Å². The van der Waals surface area contributed by atoms with E-state index in [1.807, 2.05) is 60.7 Å². The molecule has 3 N–H and O–H groups in total. The number of hydrogen-bond donors (Lipinski definition) is 3. The Balaban J connectivity index is 2.08. The van der Waals surface area contributed by atoms with E-state index in [0.717, 1.165) is 22.4 Å². The lowest BCUT2D eigenvalue weighted by Gasteiger charge is -2.38. The lowest BCUT2D eigenvalue weighted by atomic mass is 9.71. The number of amides is 1. The van der Waals surface area contributed by atoms with Crippen LogP contribution < -0.4 is 10.2 Å². The Hall–Kier alpha value is -2.70. The first kappa shape index (κ1) is 22.6. The van der Waals surface area contributed by atoms with Gasteiger partial charge in [0.2, 0.25) is 0 Å². The van der Waals surface area contributed by atoms with Gasteiger partial charge in [0.25, 0.3) is 5.91 Å². The molecule has 0 unspecified atom stereocenters. The molecule has 156 valence electrons. The van der Waals surface area contributed by atoms with Crippen molar-refractivity contribution >= 4 is 12.0 Å². The van der Waals surface area contributed by atoms with Gasteiger partial charge in [0.15, 0.2) is 0 Å². The normalized spacial score (nSPS) is 15.5. The molecule has 0 spiro atoms. The monoisotopic (exact) mass is 401 g/mol. The fourth-order valence-electron chi connectivity index (χ4n) is 3.15. The number of allylic oxidation sites excluding steroid dienone is 1. The lowest BCUT2D eigenvalue weighted by Crippen LogP contribution is -2.54. The molecule has 2 rings (SSSR count). The van der Waals surface area contributed by atoms with Crippen LogP contribution in [-0.4, -0.2) is 35.6 Å². The average Bonchev–Trinajstić information content (AvgIpc) is 2.76. The van der Waals surface area contributed by atoms with Gasteiger partial charge in [-0.05, 0) is 43.9 Å². The maximum Gasteiger partial charge on any atom is 0.252 e. The number of methoxy groups -OCH3 is 1. The average molecular weight is 401 g/mol. The number of carbonyl (C=O) groups is 1. The van der Waals surface area contributed by atoms with Crippen molar-refractivity contribution in [3.8, 4) is 16.9 Å². The summed E-state index contributed by atoms with van der Waals surface area (Å²) in [5.41, 5.74) is 1.19. The maximum atomic E-state index is 13.2. The van der Waals surface area contributed by atoms with Crippen molar-refractivity contribution in [3.63, 3.8) is 0 Å². The van der Waals surface area contributed by atoms with Gasteiger partial charge in [0.05, 0.1) is 12.5 Å². The molecule has 0 aliphatic carbocycles. The third-order valence-corrected chi connectivity index (χ3v) is 5.50. The number of ether oxygens (including phenoxy) is 1. The third kappa shape index (κ3) is 5.02. The molecule has 0 saturated carbocycles. The van der Waals surface area contributed by atoms with E-state index in [2.05, 4.69) is 0 Å². The molecule has 0 radical (unpaired) electrons. The molecule has 0 aliphatic rings. The van der Waals surface area contributed by atoms with Crippen LogP contribution in [0.25, 0.3) is 17.2 Å². The van der Waals surface area contributed by atoms with Crippen molar-refractivity contribution in [2.24, 2.45) is 5.41 Å². The van der Waals surface area contributed by atoms with E-state index in [1.165, 1.54) is 19.3 Å². The van der Waals surface area contributed by atoms with E-state index in [-0.39, 0.29) is 6.42 Å². The first-order valence-electron chi connectivity index (χ1n) is 9.42. The molecule has 2 aromatic carbocycles. The zero-order valence-corrected chi connectivity index (χ0v) is 17.0. The van der Waals surface area contributed by atoms with Crippen molar-refractivity contribution in [1.29, 1.82) is 0 Å². The summed E-state index contributed by atoms with van der Waals surface area (Å²) in [7, 11) is 1.64. The summed E-state index contributed by atoms with van der Waals surface area (Å²) in [6.45, 7) is 1.60. The Morgan fingerprint density at radius 2 is 1.83 bits per heavy atom. The summed E-state index contributed by atoms with van der Waals surface area (Å²) in [4.78, 5) is 12.0. The van der Waals surface area contributed by atoms with Crippen molar-refractivity contribution in [2.75, 3.05) is 13.8 Å². The number of nitrogens with one attached hydrogen (secondary N) is 1. The second-order valence-corrected chi connectivity index (χ2v) is 7.44. The predicted molar refractivity (Wildman–Crippen MR) is 111 cm³/mol. The molecular formula is C23H28FNO4. The van der Waals surface area contributed by atoms with Crippen molar-refractivity contribution < 1.29 is 24.2 Å². The Labute approximate surface area is 170 Å². The molecule has 0 heterocycles. The molecule has 0 bridgehead atoms. The summed E-state index contributed by atoms with van der Waals surface area (Å²) >= 11 is 0. The largest absolute Gasteiger partial charge is 0.496 e. The maximum absolute atomic E-state index is 13.2. The Bertz CT molecular complexity index is 848. The highest BCUT2D eigenvalue weighted by Gasteiger charge is 2.48. The molecule has 0 fully saturated rings. The highest BCUT2D eigenvalue weighted by atomic mass is 19.1. The topological polar surface area (TPSA) is 78.8 Å². The number of hydrogen-bond acceptors (Lipinski definition) is 4. The molecular weight excluding hydrogens is 373 g/mol. The smallest absolute Gasteiger partial charge is 0.252 e. The second kappa shape index (κ2) is 9.67. The van der Waals surface area contributed by atoms with E-state index >= 15 is 0 Å². The van der Waals surface area contributed by atoms with Gasteiger partial charge < -0.3 is 9.84 Å². The van der Waals surface area contributed by atoms with Crippen LogP contribution in [0, 0.1) is 5.41 Å². The molecule has 29 heavy (non-hydrogen) atoms. The fourth-order valence-corrected chi connectivity index (χ4v) is 3.15. The van der Waals surface area contributed by atoms with Gasteiger partial charge in [-0.15, -0.1) is 0 Å². The minimum absolute atomic E-state index is 0.173. The highest BCUT2D eigenvalue weighted by Crippen LogP contribution is 2.37. The first-order valence-corrected chi connectivity index (χ1v) is 9.42. The zero-order valence-electron chi connectivity index (χ0n) is 17.0. The van der Waals surface area contributed by atoms with E-state index in [9.17, 15) is 14.3 Å². The Kier molecular flexibility index (Phi) is 7.53. The van der Waals surface area contributed by atoms with Gasteiger partial charge in [-0.2, -0.15) is 0 Å². The molecule has 2 atom stereocenters. The Morgan fingerprint density at radius 3 is 2.41 bits per heavy atom. The van der Waals surface area contributed by atoms with Crippen molar-refractivity contribution in [3.05, 3.63) is 60.2 Å². The molecule has 6 heteroatoms. The summed E-state index contributed by atoms with van der Waals surface area (Å²) in [6.07, 6.45) is 4.35. The van der Waals surface area contributed by atoms with E-state index in [4.69, 9.17) is 9.94 Å². The summed E-state index contributed by atoms with van der Waals surface area (Å²) in [6, 6.07) is 15.7. The van der Waals surface area contributed by atoms with Gasteiger partial charge in [-0.25, -0.2) is 9.87 Å². The van der Waals surface area contributed by atoms with Crippen LogP contribution in [-0.2, 0) is 4.79 Å². The zero-order chi connectivity index (χ0) is 21.5. The van der Waals surface area contributed by atoms with Crippen LogP contribution in [0.3, 0.4) is 0 Å². The van der Waals surface area contributed by atoms with E-state index < -0.39 is 23.6 Å². The number of para-hydroxylation sites is 1. The van der Waals surface area contributed by atoms with Crippen LogP contribution in [0.1, 0.15) is 32.3 Å².